The van der Waals surface area contributed by atoms with Crippen LogP contribution < -0.4 is 5.32 Å². The molecule has 0 aliphatic carbocycles. The van der Waals surface area contributed by atoms with E-state index in [9.17, 15) is 0 Å². The normalized spacial score (nSPS) is 12.4. The Hall–Kier alpha value is -1.22. The van der Waals surface area contributed by atoms with E-state index in [-0.39, 0.29) is 6.04 Å². The van der Waals surface area contributed by atoms with E-state index in [0.717, 1.165) is 18.8 Å². The first-order chi connectivity index (χ1) is 6.38. The number of hydrogen-bond donors (Lipinski definition) is 1. The minimum atomic E-state index is 0.198. The number of nitrogens with one attached hydrogen (secondary N) is 1. The molecule has 0 bridgehead atoms. The molecule has 1 aromatic heterocycles. The van der Waals surface area contributed by atoms with Crippen LogP contribution in [0.4, 0.5) is 0 Å². The monoisotopic (exact) mass is 177 g/mol. The van der Waals surface area contributed by atoms with Gasteiger partial charge in [-0.2, -0.15) is 0 Å². The smallest absolute Gasteiger partial charge is 0.145 e. The van der Waals surface area contributed by atoms with Gasteiger partial charge >= 0.3 is 0 Å². The molecule has 1 heterocycles. The predicted molar refractivity (Wildman–Crippen MR) is 53.3 cm³/mol. The Balaban J connectivity index is 2.69. The van der Waals surface area contributed by atoms with Gasteiger partial charge in [-0.05, 0) is 19.0 Å². The SMILES string of the molecule is C=CCC(NCC)c1ncccn1. The van der Waals surface area contributed by atoms with Crippen LogP contribution in [0.5, 0.6) is 0 Å². The first-order valence-electron chi connectivity index (χ1n) is 4.49. The fraction of sp³-hybridized carbons (Fsp3) is 0.400. The summed E-state index contributed by atoms with van der Waals surface area (Å²) in [6.07, 6.45) is 6.26. The quantitative estimate of drug-likeness (QED) is 0.696. The molecule has 13 heavy (non-hydrogen) atoms. The zero-order valence-electron chi connectivity index (χ0n) is 7.90. The van der Waals surface area contributed by atoms with E-state index in [2.05, 4.69) is 28.8 Å². The Kier molecular flexibility index (Phi) is 4.12. The largest absolute Gasteiger partial charge is 0.307 e. The summed E-state index contributed by atoms with van der Waals surface area (Å²) >= 11 is 0. The Morgan fingerprint density at radius 3 is 2.77 bits per heavy atom. The summed E-state index contributed by atoms with van der Waals surface area (Å²) in [5.74, 6) is 0.837. The summed E-state index contributed by atoms with van der Waals surface area (Å²) in [7, 11) is 0. The van der Waals surface area contributed by atoms with E-state index in [1.165, 1.54) is 0 Å². The van der Waals surface area contributed by atoms with Gasteiger partial charge in [0.25, 0.3) is 0 Å². The van der Waals surface area contributed by atoms with Gasteiger partial charge in [-0.1, -0.05) is 13.0 Å². The van der Waals surface area contributed by atoms with Crippen molar-refractivity contribution in [3.63, 3.8) is 0 Å². The minimum Gasteiger partial charge on any atom is -0.307 e. The van der Waals surface area contributed by atoms with Gasteiger partial charge in [0, 0.05) is 12.4 Å². The van der Waals surface area contributed by atoms with Crippen molar-refractivity contribution in [3.05, 3.63) is 36.9 Å². The molecule has 0 spiro atoms. The van der Waals surface area contributed by atoms with Crippen molar-refractivity contribution >= 4 is 0 Å². The zero-order chi connectivity index (χ0) is 9.52. The fourth-order valence-corrected chi connectivity index (χ4v) is 1.18. The van der Waals surface area contributed by atoms with Crippen LogP contribution in [0.15, 0.2) is 31.1 Å². The molecule has 0 fully saturated rings. The van der Waals surface area contributed by atoms with Gasteiger partial charge in [-0.15, -0.1) is 6.58 Å². The summed E-state index contributed by atoms with van der Waals surface area (Å²) in [6.45, 7) is 6.69. The van der Waals surface area contributed by atoms with E-state index in [1.807, 2.05) is 12.1 Å². The molecule has 1 atom stereocenters. The maximum absolute atomic E-state index is 4.19. The van der Waals surface area contributed by atoms with Crippen molar-refractivity contribution in [2.75, 3.05) is 6.54 Å². The van der Waals surface area contributed by atoms with Gasteiger partial charge < -0.3 is 5.32 Å². The van der Waals surface area contributed by atoms with Crippen molar-refractivity contribution in [2.45, 2.75) is 19.4 Å². The van der Waals surface area contributed by atoms with Gasteiger partial charge in [0.15, 0.2) is 0 Å². The maximum atomic E-state index is 4.19. The van der Waals surface area contributed by atoms with Gasteiger partial charge in [-0.3, -0.25) is 0 Å². The third-order valence-corrected chi connectivity index (χ3v) is 1.75. The molecule has 0 radical (unpaired) electrons. The Morgan fingerprint density at radius 1 is 1.54 bits per heavy atom. The van der Waals surface area contributed by atoms with Crippen LogP contribution in [0.2, 0.25) is 0 Å². The second-order valence-corrected chi connectivity index (χ2v) is 2.74. The highest BCUT2D eigenvalue weighted by Crippen LogP contribution is 2.10. The van der Waals surface area contributed by atoms with Gasteiger partial charge in [0.2, 0.25) is 0 Å². The molecule has 0 aliphatic heterocycles. The number of nitrogens with zero attached hydrogens (tertiary/aromatic N) is 2. The Bertz CT molecular complexity index is 246. The van der Waals surface area contributed by atoms with E-state index < -0.39 is 0 Å². The predicted octanol–water partition coefficient (Wildman–Crippen LogP) is 1.70. The van der Waals surface area contributed by atoms with Crippen LogP contribution in [0, 0.1) is 0 Å². The summed E-state index contributed by atoms with van der Waals surface area (Å²) in [5.41, 5.74) is 0. The van der Waals surface area contributed by atoms with Crippen LogP contribution in [0.25, 0.3) is 0 Å². The van der Waals surface area contributed by atoms with Crippen LogP contribution >= 0.6 is 0 Å². The molecule has 0 amide bonds. The van der Waals surface area contributed by atoms with Crippen LogP contribution in [-0.4, -0.2) is 16.5 Å². The average Bonchev–Trinajstić information content (AvgIpc) is 2.19. The Labute approximate surface area is 78.9 Å². The van der Waals surface area contributed by atoms with Crippen LogP contribution in [0.3, 0.4) is 0 Å². The molecule has 70 valence electrons. The lowest BCUT2D eigenvalue weighted by Gasteiger charge is -2.13. The molecular formula is C10H15N3. The molecule has 3 nitrogen and oxygen atoms in total. The summed E-state index contributed by atoms with van der Waals surface area (Å²) in [5, 5.41) is 3.30. The lowest BCUT2D eigenvalue weighted by molar-refractivity contribution is 0.530. The van der Waals surface area contributed by atoms with Gasteiger partial charge in [0.1, 0.15) is 5.82 Å². The molecule has 0 aromatic carbocycles. The van der Waals surface area contributed by atoms with Gasteiger partial charge in [0.05, 0.1) is 6.04 Å². The third-order valence-electron chi connectivity index (χ3n) is 1.75. The molecule has 1 aromatic rings. The lowest BCUT2D eigenvalue weighted by atomic mass is 10.2. The van der Waals surface area contributed by atoms with Crippen molar-refractivity contribution in [3.8, 4) is 0 Å². The molecule has 1 rings (SSSR count). The van der Waals surface area contributed by atoms with Crippen molar-refractivity contribution < 1.29 is 0 Å². The second-order valence-electron chi connectivity index (χ2n) is 2.74. The molecule has 0 aliphatic rings. The van der Waals surface area contributed by atoms with E-state index in [0.29, 0.717) is 0 Å². The van der Waals surface area contributed by atoms with Crippen LogP contribution in [-0.2, 0) is 0 Å². The van der Waals surface area contributed by atoms with Crippen molar-refractivity contribution in [1.82, 2.24) is 15.3 Å². The van der Waals surface area contributed by atoms with E-state index >= 15 is 0 Å². The standard InChI is InChI=1S/C10H15N3/c1-3-6-9(11-4-2)10-12-7-5-8-13-10/h3,5,7-9,11H,1,4,6H2,2H3. The zero-order valence-corrected chi connectivity index (χ0v) is 7.90. The van der Waals surface area contributed by atoms with Crippen LogP contribution in [0.1, 0.15) is 25.2 Å². The number of hydrogen-bond acceptors (Lipinski definition) is 3. The topological polar surface area (TPSA) is 37.8 Å². The van der Waals surface area contributed by atoms with Gasteiger partial charge in [-0.25, -0.2) is 9.97 Å². The highest BCUT2D eigenvalue weighted by molar-refractivity contribution is 4.98. The maximum Gasteiger partial charge on any atom is 0.145 e. The Morgan fingerprint density at radius 2 is 2.23 bits per heavy atom. The lowest BCUT2D eigenvalue weighted by Crippen LogP contribution is -2.22. The first-order valence-corrected chi connectivity index (χ1v) is 4.49. The van der Waals surface area contributed by atoms with Crippen molar-refractivity contribution in [1.29, 1.82) is 0 Å². The van der Waals surface area contributed by atoms with Crippen molar-refractivity contribution in [2.24, 2.45) is 0 Å². The first kappa shape index (κ1) is 9.86. The molecule has 3 heteroatoms. The summed E-state index contributed by atoms with van der Waals surface area (Å²) in [6, 6.07) is 2.02. The third kappa shape index (κ3) is 2.95. The minimum absolute atomic E-state index is 0.198. The van der Waals surface area contributed by atoms with E-state index in [4.69, 9.17) is 0 Å². The number of rotatable bonds is 5. The second kappa shape index (κ2) is 5.43. The van der Waals surface area contributed by atoms with E-state index in [1.54, 1.807) is 12.4 Å². The molecule has 0 saturated heterocycles. The molecular weight excluding hydrogens is 162 g/mol. The molecule has 0 saturated carbocycles. The average molecular weight is 177 g/mol. The highest BCUT2D eigenvalue weighted by atomic mass is 15.0. The fourth-order valence-electron chi connectivity index (χ4n) is 1.18. The highest BCUT2D eigenvalue weighted by Gasteiger charge is 2.09. The number of aromatic nitrogens is 2. The summed E-state index contributed by atoms with van der Waals surface area (Å²) in [4.78, 5) is 8.39. The molecule has 1 unspecified atom stereocenters. The molecule has 1 N–H and O–H groups in total. The summed E-state index contributed by atoms with van der Waals surface area (Å²) < 4.78 is 0.